The van der Waals surface area contributed by atoms with Crippen LogP contribution in [0.4, 0.5) is 0 Å². The summed E-state index contributed by atoms with van der Waals surface area (Å²) in [6.07, 6.45) is 0. The van der Waals surface area contributed by atoms with Gasteiger partial charge in [0.05, 0.1) is 0 Å². The number of fused-ring (bicyclic) bond motifs is 1. The first-order valence-corrected chi connectivity index (χ1v) is 9.21. The summed E-state index contributed by atoms with van der Waals surface area (Å²) < 4.78 is 32.3. The van der Waals surface area contributed by atoms with Gasteiger partial charge in [-0.2, -0.15) is 0 Å². The third kappa shape index (κ3) is 4.08. The number of para-hydroxylation sites is 1. The largest absolute Gasteiger partial charge is 0.356 e. The van der Waals surface area contributed by atoms with Gasteiger partial charge in [-0.1, -0.05) is 45.0 Å². The van der Waals surface area contributed by atoms with E-state index in [1.54, 1.807) is 10.4 Å². The predicted molar refractivity (Wildman–Crippen MR) is 87.9 cm³/mol. The Bertz CT molecular complexity index is 710. The molecular formula is C16H24N2O3S. The van der Waals surface area contributed by atoms with Crippen LogP contribution in [-0.2, 0) is 15.8 Å². The third-order valence-corrected chi connectivity index (χ3v) is 5.03. The zero-order chi connectivity index (χ0) is 16.3. The molecule has 6 heteroatoms. The Hall–Kier alpha value is -1.40. The minimum atomic E-state index is -3.42. The topological polar surface area (TPSA) is 63.4 Å². The number of benzene rings is 1. The molecule has 0 unspecified atom stereocenters. The van der Waals surface area contributed by atoms with Crippen LogP contribution in [0.5, 0.6) is 0 Å². The van der Waals surface area contributed by atoms with Crippen LogP contribution < -0.4 is 0 Å². The zero-order valence-corrected chi connectivity index (χ0v) is 14.4. The van der Waals surface area contributed by atoms with Gasteiger partial charge in [0.2, 0.25) is 10.0 Å². The summed E-state index contributed by atoms with van der Waals surface area (Å²) in [5.74, 6) is 0.439. The number of hydrogen-bond acceptors (Lipinski definition) is 4. The van der Waals surface area contributed by atoms with Gasteiger partial charge in [-0.15, -0.1) is 0 Å². The monoisotopic (exact) mass is 324 g/mol. The fraction of sp³-hybridized carbons (Fsp3) is 0.562. The average molecular weight is 324 g/mol. The molecule has 1 aromatic carbocycles. The van der Waals surface area contributed by atoms with E-state index >= 15 is 0 Å². The molecular weight excluding hydrogens is 300 g/mol. The molecule has 0 N–H and O–H groups in total. The van der Waals surface area contributed by atoms with Crippen LogP contribution in [0.15, 0.2) is 28.8 Å². The molecule has 2 aromatic rings. The van der Waals surface area contributed by atoms with Gasteiger partial charge in [-0.3, -0.25) is 0 Å². The van der Waals surface area contributed by atoms with E-state index in [0.29, 0.717) is 24.4 Å². The van der Waals surface area contributed by atoms with Crippen molar-refractivity contribution in [1.82, 2.24) is 9.46 Å². The van der Waals surface area contributed by atoms with Crippen LogP contribution in [0, 0.1) is 11.8 Å². The van der Waals surface area contributed by atoms with Crippen molar-refractivity contribution in [3.05, 3.63) is 30.0 Å². The Balaban J connectivity index is 2.27. The van der Waals surface area contributed by atoms with E-state index in [9.17, 15) is 8.42 Å². The molecule has 5 nitrogen and oxygen atoms in total. The standard InChI is InChI=1S/C16H24N2O3S/c1-12(2)9-18(10-13(3)4)22(19,20)11-15-14-7-5-6-8-16(14)21-17-15/h5-8,12-13H,9-11H2,1-4H3. The molecule has 22 heavy (non-hydrogen) atoms. The Kier molecular flexibility index (Phi) is 5.24. The molecule has 0 radical (unpaired) electrons. The first-order valence-electron chi connectivity index (χ1n) is 7.60. The van der Waals surface area contributed by atoms with Crippen molar-refractivity contribution in [3.8, 4) is 0 Å². The highest BCUT2D eigenvalue weighted by atomic mass is 32.2. The number of aromatic nitrogens is 1. The Morgan fingerprint density at radius 3 is 2.27 bits per heavy atom. The van der Waals surface area contributed by atoms with Crippen molar-refractivity contribution in [2.75, 3.05) is 13.1 Å². The SMILES string of the molecule is CC(C)CN(CC(C)C)S(=O)(=O)Cc1noc2ccccc12. The molecule has 0 aliphatic rings. The molecule has 1 heterocycles. The summed E-state index contributed by atoms with van der Waals surface area (Å²) in [4.78, 5) is 0. The summed E-state index contributed by atoms with van der Waals surface area (Å²) in [5.41, 5.74) is 1.10. The van der Waals surface area contributed by atoms with Crippen molar-refractivity contribution in [1.29, 1.82) is 0 Å². The molecule has 0 saturated heterocycles. The summed E-state index contributed by atoms with van der Waals surface area (Å²) in [7, 11) is -3.42. The summed E-state index contributed by atoms with van der Waals surface area (Å²) in [6.45, 7) is 9.14. The molecule has 0 amide bonds. The second-order valence-electron chi connectivity index (χ2n) is 6.49. The van der Waals surface area contributed by atoms with Crippen LogP contribution in [0.2, 0.25) is 0 Å². The van der Waals surface area contributed by atoms with Crippen LogP contribution in [0.3, 0.4) is 0 Å². The lowest BCUT2D eigenvalue weighted by Crippen LogP contribution is -2.37. The van der Waals surface area contributed by atoms with Gasteiger partial charge in [-0.05, 0) is 24.0 Å². The average Bonchev–Trinajstić information content (AvgIpc) is 2.80. The maximum absolute atomic E-state index is 12.8. The number of sulfonamides is 1. The van der Waals surface area contributed by atoms with Crippen LogP contribution >= 0.6 is 0 Å². The molecule has 0 aliphatic carbocycles. The van der Waals surface area contributed by atoms with E-state index in [0.717, 1.165) is 5.39 Å². The summed E-state index contributed by atoms with van der Waals surface area (Å²) in [5, 5.41) is 4.70. The zero-order valence-electron chi connectivity index (χ0n) is 13.6. The molecule has 0 spiro atoms. The minimum Gasteiger partial charge on any atom is -0.356 e. The number of hydrogen-bond donors (Lipinski definition) is 0. The fourth-order valence-corrected chi connectivity index (χ4v) is 4.21. The molecule has 0 fully saturated rings. The number of rotatable bonds is 7. The fourth-order valence-electron chi connectivity index (χ4n) is 2.42. The summed E-state index contributed by atoms with van der Waals surface area (Å²) in [6, 6.07) is 7.33. The van der Waals surface area contributed by atoms with E-state index in [1.165, 1.54) is 0 Å². The quantitative estimate of drug-likeness (QED) is 0.784. The van der Waals surface area contributed by atoms with Crippen molar-refractivity contribution in [2.45, 2.75) is 33.4 Å². The molecule has 0 bridgehead atoms. The molecule has 2 rings (SSSR count). The first kappa shape index (κ1) is 17.0. The van der Waals surface area contributed by atoms with Gasteiger partial charge < -0.3 is 4.52 Å². The summed E-state index contributed by atoms with van der Waals surface area (Å²) >= 11 is 0. The molecule has 0 atom stereocenters. The van der Waals surface area contributed by atoms with E-state index < -0.39 is 10.0 Å². The van der Waals surface area contributed by atoms with Crippen LogP contribution in [0.25, 0.3) is 11.0 Å². The highest BCUT2D eigenvalue weighted by Gasteiger charge is 2.26. The van der Waals surface area contributed by atoms with Gasteiger partial charge in [-0.25, -0.2) is 12.7 Å². The van der Waals surface area contributed by atoms with Gasteiger partial charge in [0.1, 0.15) is 11.4 Å². The number of nitrogens with zero attached hydrogens (tertiary/aromatic N) is 2. The lowest BCUT2D eigenvalue weighted by atomic mass is 10.2. The second-order valence-corrected chi connectivity index (χ2v) is 8.46. The van der Waals surface area contributed by atoms with Crippen molar-refractivity contribution in [3.63, 3.8) is 0 Å². The Morgan fingerprint density at radius 1 is 1.09 bits per heavy atom. The van der Waals surface area contributed by atoms with E-state index in [2.05, 4.69) is 5.16 Å². The maximum atomic E-state index is 12.8. The lowest BCUT2D eigenvalue weighted by molar-refractivity contribution is 0.332. The molecule has 1 aromatic heterocycles. The van der Waals surface area contributed by atoms with Gasteiger partial charge in [0.15, 0.2) is 5.58 Å². The van der Waals surface area contributed by atoms with E-state index in [4.69, 9.17) is 4.52 Å². The van der Waals surface area contributed by atoms with E-state index in [1.807, 2.05) is 45.9 Å². The highest BCUT2D eigenvalue weighted by Crippen LogP contribution is 2.22. The van der Waals surface area contributed by atoms with Crippen LogP contribution in [0.1, 0.15) is 33.4 Å². The molecule has 122 valence electrons. The van der Waals surface area contributed by atoms with E-state index in [-0.39, 0.29) is 17.6 Å². The Labute approximate surface area is 132 Å². The first-order chi connectivity index (χ1) is 10.3. The predicted octanol–water partition coefficient (Wildman–Crippen LogP) is 3.27. The highest BCUT2D eigenvalue weighted by molar-refractivity contribution is 7.88. The molecule has 0 aliphatic heterocycles. The van der Waals surface area contributed by atoms with Gasteiger partial charge in [0.25, 0.3) is 0 Å². The normalized spacial score (nSPS) is 12.9. The molecule has 0 saturated carbocycles. The van der Waals surface area contributed by atoms with Crippen LogP contribution in [-0.4, -0.2) is 31.0 Å². The Morgan fingerprint density at radius 2 is 1.68 bits per heavy atom. The minimum absolute atomic E-state index is 0.122. The van der Waals surface area contributed by atoms with Gasteiger partial charge >= 0.3 is 0 Å². The second kappa shape index (κ2) is 6.79. The van der Waals surface area contributed by atoms with Crippen molar-refractivity contribution < 1.29 is 12.9 Å². The maximum Gasteiger partial charge on any atom is 0.220 e. The third-order valence-electron chi connectivity index (χ3n) is 3.30. The van der Waals surface area contributed by atoms with Crippen molar-refractivity contribution >= 4 is 21.0 Å². The van der Waals surface area contributed by atoms with Crippen molar-refractivity contribution in [2.24, 2.45) is 11.8 Å². The smallest absolute Gasteiger partial charge is 0.220 e. The lowest BCUT2D eigenvalue weighted by Gasteiger charge is -2.25. The van der Waals surface area contributed by atoms with Gasteiger partial charge in [0, 0.05) is 18.5 Å².